The molecule has 98 valence electrons. The zero-order valence-corrected chi connectivity index (χ0v) is 11.9. The maximum Gasteiger partial charge on any atom is 0.317 e. The molecule has 0 aromatic carbocycles. The molecule has 0 spiro atoms. The molecule has 2 rings (SSSR count). The molecular weight excluding hydrogens is 252 g/mol. The lowest BCUT2D eigenvalue weighted by molar-refractivity contribution is -0.135. The van der Waals surface area contributed by atoms with E-state index in [0.717, 1.165) is 11.0 Å². The largest absolute Gasteiger partial charge is 0.480 e. The molecule has 0 heterocycles. The van der Waals surface area contributed by atoms with E-state index in [1.807, 2.05) is 11.8 Å². The average molecular weight is 274 g/mol. The predicted molar refractivity (Wildman–Crippen MR) is 76.0 cm³/mol. The Morgan fingerprint density at radius 2 is 1.59 bits per heavy atom. The van der Waals surface area contributed by atoms with Crippen LogP contribution >= 0.6 is 23.5 Å². The van der Waals surface area contributed by atoms with Crippen LogP contribution < -0.4 is 0 Å². The molecule has 2 aliphatic carbocycles. The number of carboxylic acid groups (broad SMARTS) is 1. The van der Waals surface area contributed by atoms with Crippen molar-refractivity contribution >= 4 is 29.5 Å². The highest BCUT2D eigenvalue weighted by molar-refractivity contribution is 8.04. The van der Waals surface area contributed by atoms with Gasteiger partial charge in [0.25, 0.3) is 0 Å². The Hall–Kier alpha value is 0.170. The smallest absolute Gasteiger partial charge is 0.317 e. The fourth-order valence-electron chi connectivity index (χ4n) is 2.70. The van der Waals surface area contributed by atoms with Gasteiger partial charge in [0.05, 0.1) is 0 Å². The van der Waals surface area contributed by atoms with Crippen molar-refractivity contribution < 1.29 is 9.90 Å². The molecule has 0 aliphatic heterocycles. The molecule has 0 radical (unpaired) electrons. The van der Waals surface area contributed by atoms with Gasteiger partial charge in [0.1, 0.15) is 5.25 Å². The van der Waals surface area contributed by atoms with Crippen molar-refractivity contribution in [3.05, 3.63) is 0 Å². The fourth-order valence-corrected chi connectivity index (χ4v) is 5.70. The molecule has 4 heteroatoms. The van der Waals surface area contributed by atoms with Crippen molar-refractivity contribution in [1.82, 2.24) is 0 Å². The molecule has 0 amide bonds. The molecule has 2 saturated carbocycles. The van der Waals surface area contributed by atoms with E-state index in [9.17, 15) is 9.90 Å². The summed E-state index contributed by atoms with van der Waals surface area (Å²) in [4.78, 5) is 11.3. The van der Waals surface area contributed by atoms with Crippen LogP contribution in [-0.4, -0.2) is 32.6 Å². The summed E-state index contributed by atoms with van der Waals surface area (Å²) in [6, 6.07) is 0. The number of carboxylic acids is 1. The van der Waals surface area contributed by atoms with Gasteiger partial charge in [-0.3, -0.25) is 4.79 Å². The highest BCUT2D eigenvalue weighted by Gasteiger charge is 2.27. The Kier molecular flexibility index (Phi) is 5.54. The number of hydrogen-bond acceptors (Lipinski definition) is 3. The van der Waals surface area contributed by atoms with Crippen LogP contribution in [0.2, 0.25) is 0 Å². The van der Waals surface area contributed by atoms with E-state index >= 15 is 0 Å². The molecule has 0 bridgehead atoms. The third-order valence-corrected chi connectivity index (χ3v) is 6.95. The first kappa shape index (κ1) is 13.6. The van der Waals surface area contributed by atoms with Crippen LogP contribution in [0.1, 0.15) is 51.4 Å². The fraction of sp³-hybridized carbons (Fsp3) is 0.923. The Bertz CT molecular complexity index is 246. The minimum Gasteiger partial charge on any atom is -0.480 e. The topological polar surface area (TPSA) is 37.3 Å². The maximum absolute atomic E-state index is 11.3. The minimum atomic E-state index is -0.604. The average Bonchev–Trinajstić information content (AvgIpc) is 2.97. The summed E-state index contributed by atoms with van der Waals surface area (Å²) >= 11 is 3.63. The van der Waals surface area contributed by atoms with Gasteiger partial charge in [-0.2, -0.15) is 11.8 Å². The summed E-state index contributed by atoms with van der Waals surface area (Å²) < 4.78 is 0. The van der Waals surface area contributed by atoms with Crippen molar-refractivity contribution in [3.8, 4) is 0 Å². The number of hydrogen-bond donors (Lipinski definition) is 1. The molecule has 2 nitrogen and oxygen atoms in total. The number of thioether (sulfide) groups is 2. The number of carbonyl (C=O) groups is 1. The summed E-state index contributed by atoms with van der Waals surface area (Å²) in [6.07, 6.45) is 10.3. The van der Waals surface area contributed by atoms with Crippen molar-refractivity contribution in [2.75, 3.05) is 5.75 Å². The van der Waals surface area contributed by atoms with E-state index in [1.165, 1.54) is 51.4 Å². The van der Waals surface area contributed by atoms with Crippen molar-refractivity contribution in [2.24, 2.45) is 0 Å². The Labute approximate surface area is 112 Å². The Morgan fingerprint density at radius 1 is 1.06 bits per heavy atom. The molecule has 0 aromatic rings. The molecule has 0 saturated heterocycles. The van der Waals surface area contributed by atoms with Gasteiger partial charge in [0.15, 0.2) is 0 Å². The zero-order chi connectivity index (χ0) is 12.1. The predicted octanol–water partition coefficient (Wildman–Crippen LogP) is 3.79. The molecule has 1 N–H and O–H groups in total. The second-order valence-electron chi connectivity index (χ2n) is 5.11. The summed E-state index contributed by atoms with van der Waals surface area (Å²) in [6.45, 7) is 0. The minimum absolute atomic E-state index is 0.177. The van der Waals surface area contributed by atoms with Gasteiger partial charge in [-0.25, -0.2) is 0 Å². The van der Waals surface area contributed by atoms with E-state index in [1.54, 1.807) is 11.8 Å². The quantitative estimate of drug-likeness (QED) is 0.799. The van der Waals surface area contributed by atoms with Crippen LogP contribution in [0.4, 0.5) is 0 Å². The van der Waals surface area contributed by atoms with Crippen LogP contribution in [0.25, 0.3) is 0 Å². The van der Waals surface area contributed by atoms with Crippen molar-refractivity contribution in [3.63, 3.8) is 0 Å². The Morgan fingerprint density at radius 3 is 2.12 bits per heavy atom. The van der Waals surface area contributed by atoms with E-state index in [2.05, 4.69) is 0 Å². The second kappa shape index (κ2) is 6.93. The van der Waals surface area contributed by atoms with Crippen LogP contribution in [0.5, 0.6) is 0 Å². The summed E-state index contributed by atoms with van der Waals surface area (Å²) in [7, 11) is 0. The molecule has 1 atom stereocenters. The molecule has 1 unspecified atom stereocenters. The van der Waals surface area contributed by atoms with E-state index in [0.29, 0.717) is 5.25 Å². The third-order valence-electron chi connectivity index (χ3n) is 3.72. The van der Waals surface area contributed by atoms with Gasteiger partial charge in [-0.1, -0.05) is 25.7 Å². The van der Waals surface area contributed by atoms with Crippen LogP contribution in [-0.2, 0) is 4.79 Å². The summed E-state index contributed by atoms with van der Waals surface area (Å²) in [5.74, 6) is 0.202. The van der Waals surface area contributed by atoms with Crippen molar-refractivity contribution in [2.45, 2.75) is 67.1 Å². The van der Waals surface area contributed by atoms with Crippen LogP contribution in [0, 0.1) is 0 Å². The lowest BCUT2D eigenvalue weighted by atomic mass is 10.4. The second-order valence-corrected chi connectivity index (χ2v) is 7.95. The van der Waals surface area contributed by atoms with Gasteiger partial charge >= 0.3 is 5.97 Å². The summed E-state index contributed by atoms with van der Waals surface area (Å²) in [5, 5.41) is 10.4. The number of aliphatic carboxylic acids is 1. The first-order valence-electron chi connectivity index (χ1n) is 6.75. The zero-order valence-electron chi connectivity index (χ0n) is 10.3. The van der Waals surface area contributed by atoms with E-state index in [4.69, 9.17) is 0 Å². The van der Waals surface area contributed by atoms with Gasteiger partial charge in [0.2, 0.25) is 0 Å². The highest BCUT2D eigenvalue weighted by atomic mass is 32.2. The van der Waals surface area contributed by atoms with E-state index in [-0.39, 0.29) is 5.25 Å². The van der Waals surface area contributed by atoms with Gasteiger partial charge < -0.3 is 5.11 Å². The monoisotopic (exact) mass is 274 g/mol. The molecule has 2 aliphatic rings. The summed E-state index contributed by atoms with van der Waals surface area (Å²) in [5.41, 5.74) is 0. The Balaban J connectivity index is 1.73. The first-order chi connectivity index (χ1) is 8.25. The molecule has 0 aromatic heterocycles. The lowest BCUT2D eigenvalue weighted by Crippen LogP contribution is -2.23. The molecular formula is C13H22O2S2. The normalized spacial score (nSPS) is 24.2. The van der Waals surface area contributed by atoms with E-state index < -0.39 is 5.97 Å². The molecule has 17 heavy (non-hydrogen) atoms. The van der Waals surface area contributed by atoms with Gasteiger partial charge in [-0.05, 0) is 25.7 Å². The van der Waals surface area contributed by atoms with Gasteiger partial charge in [-0.15, -0.1) is 11.8 Å². The first-order valence-corrected chi connectivity index (χ1v) is 8.74. The standard InChI is InChI=1S/C13H22O2S2/c14-13(15)12(17-11-7-3-4-8-11)9-16-10-5-1-2-6-10/h10-12H,1-9H2,(H,14,15). The van der Waals surface area contributed by atoms with Gasteiger partial charge in [0, 0.05) is 16.3 Å². The van der Waals surface area contributed by atoms with Crippen LogP contribution in [0.15, 0.2) is 0 Å². The maximum atomic E-state index is 11.3. The van der Waals surface area contributed by atoms with Crippen molar-refractivity contribution in [1.29, 1.82) is 0 Å². The lowest BCUT2D eigenvalue weighted by Gasteiger charge is -2.18. The SMILES string of the molecule is O=C(O)C(CSC1CCCC1)SC1CCCC1. The third kappa shape index (κ3) is 4.40. The van der Waals surface area contributed by atoms with Crippen LogP contribution in [0.3, 0.4) is 0 Å². The highest BCUT2D eigenvalue weighted by Crippen LogP contribution is 2.36. The molecule has 2 fully saturated rings. The number of rotatable bonds is 6.